The van der Waals surface area contributed by atoms with Crippen LogP contribution in [0.2, 0.25) is 0 Å². The molecule has 0 radical (unpaired) electrons. The van der Waals surface area contributed by atoms with Crippen LogP contribution in [0.15, 0.2) is 6.20 Å². The van der Waals surface area contributed by atoms with E-state index < -0.39 is 0 Å². The first-order chi connectivity index (χ1) is 8.24. The first kappa shape index (κ1) is 14.3. The molecule has 1 heteroatoms. The lowest BCUT2D eigenvalue weighted by Gasteiger charge is -2.07. The number of hydrogen-bond acceptors (Lipinski definition) is 0. The van der Waals surface area contributed by atoms with Crippen molar-refractivity contribution in [2.75, 3.05) is 0 Å². The van der Waals surface area contributed by atoms with E-state index in [2.05, 4.69) is 38.5 Å². The van der Waals surface area contributed by atoms with Crippen LogP contribution in [0.5, 0.6) is 0 Å². The fraction of sp³-hybridized carbons (Fsp3) is 0.750. The maximum Gasteiger partial charge on any atom is 0.0222 e. The molecule has 0 amide bonds. The lowest BCUT2D eigenvalue weighted by Crippen LogP contribution is -1.99. The van der Waals surface area contributed by atoms with Gasteiger partial charge in [-0.3, -0.25) is 0 Å². The summed E-state index contributed by atoms with van der Waals surface area (Å²) < 4.78 is 2.49. The molecular formula is C16H29N. The van der Waals surface area contributed by atoms with Crippen LogP contribution in [0.3, 0.4) is 0 Å². The van der Waals surface area contributed by atoms with Gasteiger partial charge in [-0.1, -0.05) is 46.5 Å². The molecule has 0 aliphatic carbocycles. The van der Waals surface area contributed by atoms with Crippen molar-refractivity contribution in [2.45, 2.75) is 79.2 Å². The minimum absolute atomic E-state index is 1.18. The fourth-order valence-corrected chi connectivity index (χ4v) is 2.61. The van der Waals surface area contributed by atoms with Gasteiger partial charge < -0.3 is 4.57 Å². The molecule has 0 bridgehead atoms. The van der Waals surface area contributed by atoms with E-state index in [-0.39, 0.29) is 0 Å². The first-order valence-electron chi connectivity index (χ1n) is 7.42. The third-order valence-electron chi connectivity index (χ3n) is 3.70. The molecule has 0 N–H and O–H groups in total. The molecule has 0 atom stereocenters. The smallest absolute Gasteiger partial charge is 0.0222 e. The molecule has 0 saturated heterocycles. The fourth-order valence-electron chi connectivity index (χ4n) is 2.61. The molecule has 1 nitrogen and oxygen atoms in total. The maximum absolute atomic E-state index is 2.49. The van der Waals surface area contributed by atoms with Gasteiger partial charge in [-0.05, 0) is 37.3 Å². The van der Waals surface area contributed by atoms with Crippen LogP contribution < -0.4 is 0 Å². The normalized spacial score (nSPS) is 11.1. The predicted molar refractivity (Wildman–Crippen MR) is 76.7 cm³/mol. The molecule has 0 saturated carbocycles. The highest BCUT2D eigenvalue weighted by atomic mass is 15.0. The van der Waals surface area contributed by atoms with Crippen molar-refractivity contribution in [3.63, 3.8) is 0 Å². The molecule has 0 fully saturated rings. The van der Waals surface area contributed by atoms with E-state index in [1.54, 1.807) is 11.1 Å². The topological polar surface area (TPSA) is 4.93 Å². The molecule has 0 unspecified atom stereocenters. The molecule has 1 aromatic heterocycles. The van der Waals surface area contributed by atoms with Gasteiger partial charge in [0.25, 0.3) is 0 Å². The number of unbranched alkanes of at least 4 members (excludes halogenated alkanes) is 3. The monoisotopic (exact) mass is 235 g/mol. The van der Waals surface area contributed by atoms with Crippen molar-refractivity contribution in [3.05, 3.63) is 23.0 Å². The molecule has 1 rings (SSSR count). The van der Waals surface area contributed by atoms with Crippen molar-refractivity contribution in [2.24, 2.45) is 0 Å². The maximum atomic E-state index is 2.49. The van der Waals surface area contributed by atoms with E-state index in [0.717, 1.165) is 0 Å². The van der Waals surface area contributed by atoms with Crippen LogP contribution in [-0.4, -0.2) is 4.57 Å². The van der Waals surface area contributed by atoms with E-state index in [9.17, 15) is 0 Å². The Morgan fingerprint density at radius 2 is 1.76 bits per heavy atom. The second kappa shape index (κ2) is 7.58. The Balaban J connectivity index is 2.65. The standard InChI is InChI=1S/C16H29N/c1-5-8-9-10-12-17-13-15(7-3)16(11-6-2)14(17)4/h13H,5-12H2,1-4H3. The summed E-state index contributed by atoms with van der Waals surface area (Å²) in [7, 11) is 0. The molecular weight excluding hydrogens is 206 g/mol. The summed E-state index contributed by atoms with van der Waals surface area (Å²) in [6.07, 6.45) is 11.5. The SMILES string of the molecule is CCCCCCn1cc(CC)c(CCC)c1C. The largest absolute Gasteiger partial charge is 0.351 e. The molecule has 17 heavy (non-hydrogen) atoms. The van der Waals surface area contributed by atoms with Crippen molar-refractivity contribution < 1.29 is 0 Å². The van der Waals surface area contributed by atoms with Gasteiger partial charge in [0, 0.05) is 18.4 Å². The molecule has 1 heterocycles. The van der Waals surface area contributed by atoms with Gasteiger partial charge >= 0.3 is 0 Å². The third kappa shape index (κ3) is 3.90. The Morgan fingerprint density at radius 1 is 1.00 bits per heavy atom. The number of rotatable bonds is 8. The zero-order valence-electron chi connectivity index (χ0n) is 12.2. The van der Waals surface area contributed by atoms with E-state index >= 15 is 0 Å². The van der Waals surface area contributed by atoms with Gasteiger partial charge in [-0.15, -0.1) is 0 Å². The van der Waals surface area contributed by atoms with Crippen molar-refractivity contribution >= 4 is 0 Å². The number of aryl methyl sites for hydroxylation is 2. The van der Waals surface area contributed by atoms with Gasteiger partial charge in [0.05, 0.1) is 0 Å². The predicted octanol–water partition coefficient (Wildman–Crippen LogP) is 4.89. The molecule has 98 valence electrons. The summed E-state index contributed by atoms with van der Waals surface area (Å²) in [4.78, 5) is 0. The van der Waals surface area contributed by atoms with Crippen LogP contribution in [0.4, 0.5) is 0 Å². The quantitative estimate of drug-likeness (QED) is 0.565. The summed E-state index contributed by atoms with van der Waals surface area (Å²) in [5.41, 5.74) is 4.70. The number of aromatic nitrogens is 1. The van der Waals surface area contributed by atoms with Gasteiger partial charge in [0.1, 0.15) is 0 Å². The molecule has 0 aromatic carbocycles. The summed E-state index contributed by atoms with van der Waals surface area (Å²) in [6.45, 7) is 10.3. The molecule has 0 aliphatic rings. The number of nitrogens with zero attached hydrogens (tertiary/aromatic N) is 1. The van der Waals surface area contributed by atoms with Gasteiger partial charge in [-0.2, -0.15) is 0 Å². The minimum atomic E-state index is 1.18. The van der Waals surface area contributed by atoms with Crippen LogP contribution in [0, 0.1) is 6.92 Å². The van der Waals surface area contributed by atoms with E-state index in [1.807, 2.05) is 0 Å². The zero-order chi connectivity index (χ0) is 12.7. The van der Waals surface area contributed by atoms with Crippen LogP contribution >= 0.6 is 0 Å². The Kier molecular flexibility index (Phi) is 6.39. The Morgan fingerprint density at radius 3 is 2.35 bits per heavy atom. The Hall–Kier alpha value is -0.720. The lowest BCUT2D eigenvalue weighted by molar-refractivity contribution is 0.575. The average Bonchev–Trinajstić information content (AvgIpc) is 2.63. The second-order valence-electron chi connectivity index (χ2n) is 5.08. The van der Waals surface area contributed by atoms with E-state index in [1.165, 1.54) is 57.2 Å². The average molecular weight is 235 g/mol. The highest BCUT2D eigenvalue weighted by molar-refractivity contribution is 5.31. The Labute approximate surface area is 107 Å². The van der Waals surface area contributed by atoms with Crippen LogP contribution in [0.25, 0.3) is 0 Å². The van der Waals surface area contributed by atoms with Crippen LogP contribution in [0.1, 0.15) is 69.7 Å². The van der Waals surface area contributed by atoms with Crippen LogP contribution in [-0.2, 0) is 19.4 Å². The van der Waals surface area contributed by atoms with Crippen molar-refractivity contribution in [3.8, 4) is 0 Å². The molecule has 1 aromatic rings. The molecule has 0 spiro atoms. The first-order valence-corrected chi connectivity index (χ1v) is 7.42. The van der Waals surface area contributed by atoms with Crippen molar-refractivity contribution in [1.82, 2.24) is 4.57 Å². The van der Waals surface area contributed by atoms with E-state index in [4.69, 9.17) is 0 Å². The summed E-state index contributed by atoms with van der Waals surface area (Å²) in [5, 5.41) is 0. The number of hydrogen-bond donors (Lipinski definition) is 0. The van der Waals surface area contributed by atoms with Crippen molar-refractivity contribution in [1.29, 1.82) is 0 Å². The zero-order valence-corrected chi connectivity index (χ0v) is 12.2. The van der Waals surface area contributed by atoms with Gasteiger partial charge in [0.15, 0.2) is 0 Å². The highest BCUT2D eigenvalue weighted by Gasteiger charge is 2.09. The van der Waals surface area contributed by atoms with Gasteiger partial charge in [-0.25, -0.2) is 0 Å². The van der Waals surface area contributed by atoms with E-state index in [0.29, 0.717) is 0 Å². The second-order valence-corrected chi connectivity index (χ2v) is 5.08. The van der Waals surface area contributed by atoms with Gasteiger partial charge in [0.2, 0.25) is 0 Å². The summed E-state index contributed by atoms with van der Waals surface area (Å²) >= 11 is 0. The summed E-state index contributed by atoms with van der Waals surface area (Å²) in [5.74, 6) is 0. The summed E-state index contributed by atoms with van der Waals surface area (Å²) in [6, 6.07) is 0. The highest BCUT2D eigenvalue weighted by Crippen LogP contribution is 2.20. The molecule has 0 aliphatic heterocycles. The Bertz CT molecular complexity index is 323. The third-order valence-corrected chi connectivity index (χ3v) is 3.70. The lowest BCUT2D eigenvalue weighted by atomic mass is 10.0. The minimum Gasteiger partial charge on any atom is -0.351 e.